The Balaban J connectivity index is 2.91. The van der Waals surface area contributed by atoms with Gasteiger partial charge in [-0.2, -0.15) is 0 Å². The van der Waals surface area contributed by atoms with Crippen LogP contribution in [0.4, 0.5) is 4.39 Å². The molecule has 0 aliphatic heterocycles. The van der Waals surface area contributed by atoms with Crippen LogP contribution in [0.2, 0.25) is 5.02 Å². The average molecular weight is 203 g/mol. The first-order valence-electron chi connectivity index (χ1n) is 4.05. The van der Waals surface area contributed by atoms with Crippen molar-refractivity contribution in [3.05, 3.63) is 34.6 Å². The Hall–Kier alpha value is -0.640. The molecule has 0 amide bonds. The van der Waals surface area contributed by atoms with Gasteiger partial charge in [-0.25, -0.2) is 4.39 Å². The predicted octanol–water partition coefficient (Wildman–Crippen LogP) is 1.83. The van der Waals surface area contributed by atoms with Crippen molar-refractivity contribution in [1.82, 2.24) is 0 Å². The zero-order valence-corrected chi connectivity index (χ0v) is 7.89. The van der Waals surface area contributed by atoms with E-state index in [2.05, 4.69) is 0 Å². The Morgan fingerprint density at radius 1 is 1.46 bits per heavy atom. The van der Waals surface area contributed by atoms with Gasteiger partial charge in [0.1, 0.15) is 5.82 Å². The Morgan fingerprint density at radius 2 is 2.15 bits per heavy atom. The molecular weight excluding hydrogens is 191 g/mol. The first-order valence-corrected chi connectivity index (χ1v) is 4.43. The molecule has 1 rings (SSSR count). The zero-order valence-electron chi connectivity index (χ0n) is 7.13. The Labute approximate surface area is 81.7 Å². The molecule has 0 saturated carbocycles. The maximum absolute atomic E-state index is 12.8. The fraction of sp³-hybridized carbons (Fsp3) is 0.333. The van der Waals surface area contributed by atoms with E-state index in [0.29, 0.717) is 23.6 Å². The van der Waals surface area contributed by atoms with Crippen LogP contribution in [0.25, 0.3) is 0 Å². The molecule has 0 bridgehead atoms. The van der Waals surface area contributed by atoms with Gasteiger partial charge in [-0.05, 0) is 36.7 Å². The summed E-state index contributed by atoms with van der Waals surface area (Å²) in [4.78, 5) is 0. The van der Waals surface area contributed by atoms with E-state index in [4.69, 9.17) is 23.1 Å². The van der Waals surface area contributed by atoms with E-state index in [1.807, 2.05) is 0 Å². The maximum atomic E-state index is 12.8. The van der Waals surface area contributed by atoms with Gasteiger partial charge in [-0.3, -0.25) is 0 Å². The maximum Gasteiger partial charge on any atom is 0.123 e. The molecule has 4 heteroatoms. The summed E-state index contributed by atoms with van der Waals surface area (Å²) in [6, 6.07) is 3.87. The largest absolute Gasteiger partial charge is 0.330 e. The highest BCUT2D eigenvalue weighted by Gasteiger charge is 2.09. The van der Waals surface area contributed by atoms with E-state index in [0.717, 1.165) is 0 Å². The zero-order chi connectivity index (χ0) is 9.84. The molecule has 0 aromatic heterocycles. The van der Waals surface area contributed by atoms with Gasteiger partial charge in [-0.15, -0.1) is 0 Å². The summed E-state index contributed by atoms with van der Waals surface area (Å²) in [5.74, 6) is -0.327. The quantitative estimate of drug-likeness (QED) is 0.786. The van der Waals surface area contributed by atoms with Crippen molar-refractivity contribution in [3.63, 3.8) is 0 Å². The first kappa shape index (κ1) is 10.4. The van der Waals surface area contributed by atoms with Crippen molar-refractivity contribution in [3.8, 4) is 0 Å². The Morgan fingerprint density at radius 3 is 2.77 bits per heavy atom. The molecule has 4 N–H and O–H groups in total. The second-order valence-electron chi connectivity index (χ2n) is 2.85. The van der Waals surface area contributed by atoms with Crippen molar-refractivity contribution in [2.75, 3.05) is 6.54 Å². The first-order chi connectivity index (χ1) is 6.15. The van der Waals surface area contributed by atoms with E-state index in [-0.39, 0.29) is 11.9 Å². The van der Waals surface area contributed by atoms with Crippen LogP contribution in [0.5, 0.6) is 0 Å². The van der Waals surface area contributed by atoms with Crippen molar-refractivity contribution < 1.29 is 4.39 Å². The molecule has 0 unspecified atom stereocenters. The van der Waals surface area contributed by atoms with Crippen molar-refractivity contribution in [2.45, 2.75) is 12.5 Å². The lowest BCUT2D eigenvalue weighted by Crippen LogP contribution is -2.15. The van der Waals surface area contributed by atoms with Crippen molar-refractivity contribution >= 4 is 11.6 Å². The lowest BCUT2D eigenvalue weighted by molar-refractivity contribution is 0.612. The van der Waals surface area contributed by atoms with Crippen LogP contribution < -0.4 is 11.5 Å². The molecule has 72 valence electrons. The number of hydrogen-bond acceptors (Lipinski definition) is 2. The molecule has 0 fully saturated rings. The van der Waals surface area contributed by atoms with Gasteiger partial charge in [0.2, 0.25) is 0 Å². The van der Waals surface area contributed by atoms with Crippen LogP contribution in [0, 0.1) is 5.82 Å². The van der Waals surface area contributed by atoms with E-state index < -0.39 is 0 Å². The normalized spacial score (nSPS) is 12.9. The van der Waals surface area contributed by atoms with Gasteiger partial charge in [0, 0.05) is 11.1 Å². The Bertz CT molecular complexity index is 291. The number of hydrogen-bond donors (Lipinski definition) is 2. The SMILES string of the molecule is NCC[C@H](N)c1cc(F)ccc1Cl. The topological polar surface area (TPSA) is 52.0 Å². The summed E-state index contributed by atoms with van der Waals surface area (Å²) in [6.45, 7) is 0.466. The molecule has 13 heavy (non-hydrogen) atoms. The van der Waals surface area contributed by atoms with E-state index in [1.54, 1.807) is 0 Å². The molecule has 0 radical (unpaired) electrons. The summed E-state index contributed by atoms with van der Waals surface area (Å²) in [6.07, 6.45) is 0.600. The third-order valence-electron chi connectivity index (χ3n) is 1.84. The molecule has 0 aliphatic rings. The van der Waals surface area contributed by atoms with Crippen LogP contribution in [-0.4, -0.2) is 6.54 Å². The van der Waals surface area contributed by atoms with Crippen LogP contribution in [-0.2, 0) is 0 Å². The number of rotatable bonds is 3. The summed E-state index contributed by atoms with van der Waals surface area (Å²) >= 11 is 5.84. The van der Waals surface area contributed by atoms with Gasteiger partial charge in [0.15, 0.2) is 0 Å². The average Bonchev–Trinajstić information content (AvgIpc) is 2.09. The molecule has 2 nitrogen and oxygen atoms in total. The van der Waals surface area contributed by atoms with Gasteiger partial charge in [-0.1, -0.05) is 11.6 Å². The minimum atomic E-state index is -0.327. The highest BCUT2D eigenvalue weighted by Crippen LogP contribution is 2.23. The van der Waals surface area contributed by atoms with E-state index in [1.165, 1.54) is 18.2 Å². The highest BCUT2D eigenvalue weighted by atomic mass is 35.5. The number of benzene rings is 1. The van der Waals surface area contributed by atoms with Gasteiger partial charge < -0.3 is 11.5 Å². The van der Waals surface area contributed by atoms with Crippen molar-refractivity contribution in [1.29, 1.82) is 0 Å². The second-order valence-corrected chi connectivity index (χ2v) is 3.26. The predicted molar refractivity (Wildman–Crippen MR) is 52.0 cm³/mol. The summed E-state index contributed by atoms with van der Waals surface area (Å²) in [7, 11) is 0. The summed E-state index contributed by atoms with van der Waals surface area (Å²) in [5.41, 5.74) is 11.7. The third kappa shape index (κ3) is 2.66. The van der Waals surface area contributed by atoms with Gasteiger partial charge in [0.25, 0.3) is 0 Å². The lowest BCUT2D eigenvalue weighted by atomic mass is 10.0. The fourth-order valence-electron chi connectivity index (χ4n) is 1.13. The third-order valence-corrected chi connectivity index (χ3v) is 2.18. The molecule has 1 aromatic rings. The monoisotopic (exact) mass is 202 g/mol. The molecule has 1 aromatic carbocycles. The number of nitrogens with two attached hydrogens (primary N) is 2. The summed E-state index contributed by atoms with van der Waals surface area (Å²) < 4.78 is 12.8. The van der Waals surface area contributed by atoms with Gasteiger partial charge >= 0.3 is 0 Å². The molecular formula is C9H12ClFN2. The van der Waals surface area contributed by atoms with Crippen molar-refractivity contribution in [2.24, 2.45) is 11.5 Å². The molecule has 1 atom stereocenters. The molecule has 0 aliphatic carbocycles. The van der Waals surface area contributed by atoms with E-state index in [9.17, 15) is 4.39 Å². The second kappa shape index (κ2) is 4.56. The smallest absolute Gasteiger partial charge is 0.123 e. The van der Waals surface area contributed by atoms with E-state index >= 15 is 0 Å². The van der Waals surface area contributed by atoms with Gasteiger partial charge in [0.05, 0.1) is 0 Å². The minimum Gasteiger partial charge on any atom is -0.330 e. The lowest BCUT2D eigenvalue weighted by Gasteiger charge is -2.12. The van der Waals surface area contributed by atoms with Crippen LogP contribution >= 0.6 is 11.6 Å². The molecule has 0 saturated heterocycles. The highest BCUT2D eigenvalue weighted by molar-refractivity contribution is 6.31. The fourth-order valence-corrected chi connectivity index (χ4v) is 1.39. The standard InChI is InChI=1S/C9H12ClFN2/c10-8-2-1-6(11)5-7(8)9(13)3-4-12/h1-2,5,9H,3-4,12-13H2/t9-/m0/s1. The minimum absolute atomic E-state index is 0.284. The van der Waals surface area contributed by atoms with Crippen LogP contribution in [0.15, 0.2) is 18.2 Å². The molecule has 0 heterocycles. The van der Waals surface area contributed by atoms with Crippen LogP contribution in [0.1, 0.15) is 18.0 Å². The van der Waals surface area contributed by atoms with Crippen LogP contribution in [0.3, 0.4) is 0 Å². The molecule has 0 spiro atoms. The number of halogens is 2. The Kier molecular flexibility index (Phi) is 3.66. The summed E-state index contributed by atoms with van der Waals surface area (Å²) in [5, 5.41) is 0.488.